The Balaban J connectivity index is 1.57. The highest BCUT2D eigenvalue weighted by molar-refractivity contribution is 7.99. The van der Waals surface area contributed by atoms with Gasteiger partial charge >= 0.3 is 0 Å². The Hall–Kier alpha value is -1.90. The molecular weight excluding hydrogens is 389 g/mol. The van der Waals surface area contributed by atoms with Crippen LogP contribution in [0.2, 0.25) is 5.15 Å². The van der Waals surface area contributed by atoms with Gasteiger partial charge < -0.3 is 15.1 Å². The van der Waals surface area contributed by atoms with Gasteiger partial charge in [0.2, 0.25) is 5.91 Å². The van der Waals surface area contributed by atoms with Crippen molar-refractivity contribution in [1.82, 2.24) is 14.9 Å². The lowest BCUT2D eigenvalue weighted by molar-refractivity contribution is -0.113. The SMILES string of the molecule is CCN1CCN(c2cc(Cl)nc(SCC(=O)Nc3ccc(F)cc3)n2)CC1. The van der Waals surface area contributed by atoms with Gasteiger partial charge in [-0.15, -0.1) is 0 Å². The number of aromatic nitrogens is 2. The van der Waals surface area contributed by atoms with Crippen LogP contribution in [0.25, 0.3) is 0 Å². The van der Waals surface area contributed by atoms with Crippen LogP contribution in [-0.2, 0) is 4.79 Å². The van der Waals surface area contributed by atoms with Crippen molar-refractivity contribution in [3.63, 3.8) is 0 Å². The Morgan fingerprint density at radius 3 is 2.59 bits per heavy atom. The number of carbonyl (C=O) groups excluding carboxylic acids is 1. The molecule has 1 aliphatic rings. The third kappa shape index (κ3) is 5.79. The van der Waals surface area contributed by atoms with E-state index in [4.69, 9.17) is 11.6 Å². The third-order valence-electron chi connectivity index (χ3n) is 4.26. The first-order valence-electron chi connectivity index (χ1n) is 8.73. The van der Waals surface area contributed by atoms with Gasteiger partial charge in [0, 0.05) is 37.9 Å². The predicted octanol–water partition coefficient (Wildman–Crippen LogP) is 3.14. The summed E-state index contributed by atoms with van der Waals surface area (Å²) in [6.45, 7) is 6.94. The van der Waals surface area contributed by atoms with Crippen LogP contribution in [0.15, 0.2) is 35.5 Å². The number of benzene rings is 1. The number of piperazine rings is 1. The minimum Gasteiger partial charge on any atom is -0.354 e. The van der Waals surface area contributed by atoms with E-state index in [1.807, 2.05) is 0 Å². The molecule has 0 spiro atoms. The molecular formula is C18H21ClFN5OS. The van der Waals surface area contributed by atoms with Gasteiger partial charge in [0.05, 0.1) is 5.75 Å². The summed E-state index contributed by atoms with van der Waals surface area (Å²) in [6.07, 6.45) is 0. The Morgan fingerprint density at radius 2 is 1.93 bits per heavy atom. The maximum absolute atomic E-state index is 12.9. The van der Waals surface area contributed by atoms with Crippen molar-refractivity contribution < 1.29 is 9.18 Å². The van der Waals surface area contributed by atoms with E-state index in [-0.39, 0.29) is 17.5 Å². The molecule has 2 heterocycles. The van der Waals surface area contributed by atoms with Gasteiger partial charge in [-0.1, -0.05) is 30.3 Å². The molecule has 1 aromatic carbocycles. The molecule has 1 fully saturated rings. The minimum atomic E-state index is -0.345. The van der Waals surface area contributed by atoms with Gasteiger partial charge in [0.25, 0.3) is 0 Å². The molecule has 1 saturated heterocycles. The van der Waals surface area contributed by atoms with Crippen molar-refractivity contribution in [1.29, 1.82) is 0 Å². The van der Waals surface area contributed by atoms with Crippen LogP contribution in [0, 0.1) is 5.82 Å². The molecule has 0 radical (unpaired) electrons. The van der Waals surface area contributed by atoms with Crippen LogP contribution < -0.4 is 10.2 Å². The van der Waals surface area contributed by atoms with Crippen molar-refractivity contribution in [2.45, 2.75) is 12.1 Å². The number of halogens is 2. The Bertz CT molecular complexity index is 784. The number of nitrogens with one attached hydrogen (secondary N) is 1. The van der Waals surface area contributed by atoms with Crippen LogP contribution in [-0.4, -0.2) is 59.3 Å². The Kier molecular flexibility index (Phi) is 6.87. The second-order valence-corrected chi connectivity index (χ2v) is 7.43. The predicted molar refractivity (Wildman–Crippen MR) is 107 cm³/mol. The topological polar surface area (TPSA) is 61.4 Å². The van der Waals surface area contributed by atoms with E-state index in [0.29, 0.717) is 16.0 Å². The zero-order chi connectivity index (χ0) is 19.2. The summed E-state index contributed by atoms with van der Waals surface area (Å²) in [7, 11) is 0. The summed E-state index contributed by atoms with van der Waals surface area (Å²) in [5.41, 5.74) is 0.545. The van der Waals surface area contributed by atoms with Crippen LogP contribution >= 0.6 is 23.4 Å². The van der Waals surface area contributed by atoms with E-state index in [2.05, 4.69) is 32.0 Å². The van der Waals surface area contributed by atoms with Crippen LogP contribution in [0.5, 0.6) is 0 Å². The number of hydrogen-bond donors (Lipinski definition) is 1. The van der Waals surface area contributed by atoms with Gasteiger partial charge in [-0.25, -0.2) is 14.4 Å². The number of carbonyl (C=O) groups is 1. The molecule has 0 aliphatic carbocycles. The Morgan fingerprint density at radius 1 is 1.22 bits per heavy atom. The number of likely N-dealkylation sites (N-methyl/N-ethyl adjacent to an activating group) is 1. The van der Waals surface area contributed by atoms with Gasteiger partial charge in [-0.3, -0.25) is 4.79 Å². The van der Waals surface area contributed by atoms with Crippen molar-refractivity contribution in [2.75, 3.05) is 48.7 Å². The molecule has 27 heavy (non-hydrogen) atoms. The molecule has 1 amide bonds. The van der Waals surface area contributed by atoms with Crippen molar-refractivity contribution in [2.24, 2.45) is 0 Å². The normalized spacial score (nSPS) is 15.0. The van der Waals surface area contributed by atoms with Gasteiger partial charge in [-0.2, -0.15) is 0 Å². The fourth-order valence-corrected chi connectivity index (χ4v) is 3.65. The highest BCUT2D eigenvalue weighted by atomic mass is 35.5. The highest BCUT2D eigenvalue weighted by Crippen LogP contribution is 2.23. The summed E-state index contributed by atoms with van der Waals surface area (Å²) in [6, 6.07) is 7.39. The summed E-state index contributed by atoms with van der Waals surface area (Å²) < 4.78 is 12.9. The fourth-order valence-electron chi connectivity index (χ4n) is 2.77. The largest absolute Gasteiger partial charge is 0.354 e. The third-order valence-corrected chi connectivity index (χ3v) is 5.31. The summed E-state index contributed by atoms with van der Waals surface area (Å²) >= 11 is 7.37. The molecule has 144 valence electrons. The van der Waals surface area contributed by atoms with Gasteiger partial charge in [-0.05, 0) is 30.8 Å². The molecule has 6 nitrogen and oxygen atoms in total. The molecule has 0 saturated carbocycles. The molecule has 0 unspecified atom stereocenters. The molecule has 1 N–H and O–H groups in total. The molecule has 1 aromatic heterocycles. The zero-order valence-corrected chi connectivity index (χ0v) is 16.6. The van der Waals surface area contributed by atoms with Crippen LogP contribution in [0.1, 0.15) is 6.92 Å². The maximum Gasteiger partial charge on any atom is 0.234 e. The molecule has 3 rings (SSSR count). The van der Waals surface area contributed by atoms with Crippen molar-refractivity contribution in [3.8, 4) is 0 Å². The fraction of sp³-hybridized carbons (Fsp3) is 0.389. The molecule has 0 bridgehead atoms. The summed E-state index contributed by atoms with van der Waals surface area (Å²) in [5.74, 6) is 0.364. The molecule has 1 aliphatic heterocycles. The zero-order valence-electron chi connectivity index (χ0n) is 15.0. The first-order valence-corrected chi connectivity index (χ1v) is 10.1. The average Bonchev–Trinajstić information content (AvgIpc) is 2.68. The Labute approximate surface area is 167 Å². The number of hydrogen-bond acceptors (Lipinski definition) is 6. The number of anilines is 2. The quantitative estimate of drug-likeness (QED) is 0.449. The smallest absolute Gasteiger partial charge is 0.234 e. The minimum absolute atomic E-state index is 0.140. The lowest BCUT2D eigenvalue weighted by atomic mass is 10.3. The van der Waals surface area contributed by atoms with E-state index < -0.39 is 0 Å². The molecule has 2 aromatic rings. The van der Waals surface area contributed by atoms with Gasteiger partial charge in [0.15, 0.2) is 5.16 Å². The second-order valence-electron chi connectivity index (χ2n) is 6.10. The first-order chi connectivity index (χ1) is 13.0. The molecule has 0 atom stereocenters. The summed E-state index contributed by atoms with van der Waals surface area (Å²) in [4.78, 5) is 25.4. The van der Waals surface area contributed by atoms with E-state index in [1.165, 1.54) is 36.0 Å². The number of thioether (sulfide) groups is 1. The first kappa shape index (κ1) is 19.9. The van der Waals surface area contributed by atoms with Crippen molar-refractivity contribution in [3.05, 3.63) is 41.3 Å². The second kappa shape index (κ2) is 9.34. The maximum atomic E-state index is 12.9. The molecule has 9 heteroatoms. The number of amides is 1. The van der Waals surface area contributed by atoms with E-state index in [9.17, 15) is 9.18 Å². The van der Waals surface area contributed by atoms with E-state index in [1.54, 1.807) is 6.07 Å². The van der Waals surface area contributed by atoms with Gasteiger partial charge in [0.1, 0.15) is 16.8 Å². The summed E-state index contributed by atoms with van der Waals surface area (Å²) in [5, 5.41) is 3.54. The number of nitrogens with zero attached hydrogens (tertiary/aromatic N) is 4. The van der Waals surface area contributed by atoms with E-state index >= 15 is 0 Å². The lowest BCUT2D eigenvalue weighted by Crippen LogP contribution is -2.46. The highest BCUT2D eigenvalue weighted by Gasteiger charge is 2.18. The van der Waals surface area contributed by atoms with Crippen LogP contribution in [0.3, 0.4) is 0 Å². The monoisotopic (exact) mass is 409 g/mol. The average molecular weight is 410 g/mol. The number of rotatable bonds is 6. The standard InChI is InChI=1S/C18H21ClFN5OS/c1-2-24-7-9-25(10-8-24)16-11-15(19)22-18(23-16)27-12-17(26)21-14-5-3-13(20)4-6-14/h3-6,11H,2,7-10,12H2,1H3,(H,21,26). The van der Waals surface area contributed by atoms with Crippen LogP contribution in [0.4, 0.5) is 15.9 Å². The van der Waals surface area contributed by atoms with E-state index in [0.717, 1.165) is 38.5 Å². The van der Waals surface area contributed by atoms with Crippen molar-refractivity contribution >= 4 is 40.8 Å². The lowest BCUT2D eigenvalue weighted by Gasteiger charge is -2.34.